The highest BCUT2D eigenvalue weighted by molar-refractivity contribution is 7.99. The van der Waals surface area contributed by atoms with Gasteiger partial charge in [-0.3, -0.25) is 4.98 Å². The summed E-state index contributed by atoms with van der Waals surface area (Å²) < 4.78 is 0. The molecular weight excluding hydrogens is 304 g/mol. The summed E-state index contributed by atoms with van der Waals surface area (Å²) in [5.41, 5.74) is 1.89. The van der Waals surface area contributed by atoms with Crippen molar-refractivity contribution in [3.63, 3.8) is 0 Å². The van der Waals surface area contributed by atoms with E-state index in [1.165, 1.54) is 25.0 Å². The first-order valence-electron chi connectivity index (χ1n) is 8.47. The minimum Gasteiger partial charge on any atom is -0.366 e. The average molecular weight is 328 g/mol. The van der Waals surface area contributed by atoms with E-state index < -0.39 is 0 Å². The van der Waals surface area contributed by atoms with E-state index in [9.17, 15) is 0 Å². The number of aryl methyl sites for hydroxylation is 1. The maximum atomic E-state index is 4.72. The van der Waals surface area contributed by atoms with E-state index >= 15 is 0 Å². The molecule has 2 atom stereocenters. The first kappa shape index (κ1) is 16.2. The molecule has 0 amide bonds. The van der Waals surface area contributed by atoms with E-state index in [-0.39, 0.29) is 0 Å². The van der Waals surface area contributed by atoms with Gasteiger partial charge in [0.25, 0.3) is 0 Å². The minimum absolute atomic E-state index is 0.510. The molecule has 2 heterocycles. The van der Waals surface area contributed by atoms with Crippen molar-refractivity contribution in [3.8, 4) is 11.5 Å². The lowest BCUT2D eigenvalue weighted by atomic mass is 10.2. The summed E-state index contributed by atoms with van der Waals surface area (Å²) in [4.78, 5) is 13.7. The summed E-state index contributed by atoms with van der Waals surface area (Å²) in [7, 11) is 0. The number of nitrogens with one attached hydrogen (secondary N) is 1. The summed E-state index contributed by atoms with van der Waals surface area (Å²) in [6.45, 7) is 4.36. The van der Waals surface area contributed by atoms with Crippen LogP contribution in [0.25, 0.3) is 11.5 Å². The zero-order valence-electron chi connectivity index (χ0n) is 13.8. The number of anilines is 1. The fourth-order valence-corrected chi connectivity index (χ4v) is 4.25. The maximum absolute atomic E-state index is 4.72. The molecule has 5 heteroatoms. The second-order valence-corrected chi connectivity index (χ2v) is 7.33. The SMILES string of the molecule is CCSC1CCCC1Nc1cc(CC)nc(-c2ccccn2)n1. The van der Waals surface area contributed by atoms with Crippen LogP contribution in [0, 0.1) is 0 Å². The van der Waals surface area contributed by atoms with E-state index in [0.29, 0.717) is 17.1 Å². The van der Waals surface area contributed by atoms with Gasteiger partial charge >= 0.3 is 0 Å². The van der Waals surface area contributed by atoms with Gasteiger partial charge in [-0.2, -0.15) is 11.8 Å². The van der Waals surface area contributed by atoms with Crippen molar-refractivity contribution >= 4 is 17.6 Å². The molecule has 0 radical (unpaired) electrons. The first-order valence-corrected chi connectivity index (χ1v) is 9.52. The zero-order chi connectivity index (χ0) is 16.1. The maximum Gasteiger partial charge on any atom is 0.180 e. The molecule has 3 rings (SSSR count). The number of nitrogens with zero attached hydrogens (tertiary/aromatic N) is 3. The lowest BCUT2D eigenvalue weighted by Gasteiger charge is -2.21. The van der Waals surface area contributed by atoms with Crippen molar-refractivity contribution in [2.24, 2.45) is 0 Å². The van der Waals surface area contributed by atoms with Crippen LogP contribution in [0.1, 0.15) is 38.8 Å². The highest BCUT2D eigenvalue weighted by Crippen LogP contribution is 2.32. The Kier molecular flexibility index (Phi) is 5.49. The molecule has 2 unspecified atom stereocenters. The van der Waals surface area contributed by atoms with Crippen molar-refractivity contribution < 1.29 is 0 Å². The van der Waals surface area contributed by atoms with Gasteiger partial charge in [-0.25, -0.2) is 9.97 Å². The molecule has 2 aromatic heterocycles. The van der Waals surface area contributed by atoms with Crippen LogP contribution in [0.3, 0.4) is 0 Å². The number of hydrogen-bond donors (Lipinski definition) is 1. The highest BCUT2D eigenvalue weighted by atomic mass is 32.2. The van der Waals surface area contributed by atoms with E-state index in [1.54, 1.807) is 6.20 Å². The molecule has 1 aliphatic rings. The predicted octanol–water partition coefficient (Wildman–Crippen LogP) is 4.19. The molecule has 1 aliphatic carbocycles. The van der Waals surface area contributed by atoms with Crippen LogP contribution in [-0.4, -0.2) is 32.0 Å². The van der Waals surface area contributed by atoms with Gasteiger partial charge in [-0.15, -0.1) is 0 Å². The molecule has 0 saturated heterocycles. The zero-order valence-corrected chi connectivity index (χ0v) is 14.6. The summed E-state index contributed by atoms with van der Waals surface area (Å²) >= 11 is 2.06. The number of pyridine rings is 1. The minimum atomic E-state index is 0.510. The van der Waals surface area contributed by atoms with E-state index in [0.717, 1.165) is 23.6 Å². The van der Waals surface area contributed by atoms with Crippen LogP contribution in [0.15, 0.2) is 30.5 Å². The molecule has 1 fully saturated rings. The first-order chi connectivity index (χ1) is 11.3. The summed E-state index contributed by atoms with van der Waals surface area (Å²) in [6.07, 6.45) is 6.51. The van der Waals surface area contributed by atoms with Crippen LogP contribution in [0.5, 0.6) is 0 Å². The largest absolute Gasteiger partial charge is 0.366 e. The van der Waals surface area contributed by atoms with Crippen LogP contribution in [-0.2, 0) is 6.42 Å². The Hall–Kier alpha value is -1.62. The number of rotatable bonds is 6. The second kappa shape index (κ2) is 7.77. The summed E-state index contributed by atoms with van der Waals surface area (Å²) in [5.74, 6) is 2.82. The predicted molar refractivity (Wildman–Crippen MR) is 97.8 cm³/mol. The van der Waals surface area contributed by atoms with E-state index in [4.69, 9.17) is 4.98 Å². The topological polar surface area (TPSA) is 50.7 Å². The van der Waals surface area contributed by atoms with Crippen LogP contribution >= 0.6 is 11.8 Å². The molecule has 2 aromatic rings. The van der Waals surface area contributed by atoms with Crippen molar-refractivity contribution in [2.75, 3.05) is 11.1 Å². The van der Waals surface area contributed by atoms with Gasteiger partial charge in [0.2, 0.25) is 0 Å². The molecule has 0 bridgehead atoms. The molecule has 1 saturated carbocycles. The molecule has 0 aromatic carbocycles. The lowest BCUT2D eigenvalue weighted by Crippen LogP contribution is -2.27. The molecule has 0 spiro atoms. The van der Waals surface area contributed by atoms with Gasteiger partial charge in [0.05, 0.1) is 0 Å². The number of hydrogen-bond acceptors (Lipinski definition) is 5. The number of aromatic nitrogens is 3. The molecule has 0 aliphatic heterocycles. The van der Waals surface area contributed by atoms with Gasteiger partial charge in [-0.05, 0) is 37.1 Å². The fourth-order valence-electron chi connectivity index (χ4n) is 3.06. The van der Waals surface area contributed by atoms with Gasteiger partial charge in [0.1, 0.15) is 11.5 Å². The quantitative estimate of drug-likeness (QED) is 0.862. The Labute approximate surface area is 142 Å². The van der Waals surface area contributed by atoms with Crippen molar-refractivity contribution in [1.82, 2.24) is 15.0 Å². The summed E-state index contributed by atoms with van der Waals surface area (Å²) in [5, 5.41) is 4.35. The Morgan fingerprint density at radius 2 is 2.13 bits per heavy atom. The summed E-state index contributed by atoms with van der Waals surface area (Å²) in [6, 6.07) is 8.44. The van der Waals surface area contributed by atoms with Crippen LogP contribution in [0.2, 0.25) is 0 Å². The Balaban J connectivity index is 1.84. The van der Waals surface area contributed by atoms with Gasteiger partial charge in [0.15, 0.2) is 5.82 Å². The van der Waals surface area contributed by atoms with Crippen molar-refractivity contribution in [2.45, 2.75) is 50.8 Å². The van der Waals surface area contributed by atoms with Crippen molar-refractivity contribution in [3.05, 3.63) is 36.2 Å². The third kappa shape index (κ3) is 4.02. The Morgan fingerprint density at radius 1 is 1.22 bits per heavy atom. The van der Waals surface area contributed by atoms with Gasteiger partial charge < -0.3 is 5.32 Å². The average Bonchev–Trinajstić information content (AvgIpc) is 3.02. The lowest BCUT2D eigenvalue weighted by molar-refractivity contribution is 0.761. The third-order valence-corrected chi connectivity index (χ3v) is 5.53. The second-order valence-electron chi connectivity index (χ2n) is 5.81. The van der Waals surface area contributed by atoms with E-state index in [2.05, 4.69) is 47.0 Å². The van der Waals surface area contributed by atoms with Crippen LogP contribution < -0.4 is 5.32 Å². The molecule has 23 heavy (non-hydrogen) atoms. The Bertz CT molecular complexity index is 632. The standard InChI is InChI=1S/C18H24N4S/c1-3-13-12-17(21-14-9-7-10-16(14)23-4-2)22-18(20-13)15-8-5-6-11-19-15/h5-6,8,11-12,14,16H,3-4,7,9-10H2,1-2H3,(H,20,21,22). The smallest absolute Gasteiger partial charge is 0.180 e. The monoisotopic (exact) mass is 328 g/mol. The van der Waals surface area contributed by atoms with Crippen LogP contribution in [0.4, 0.5) is 5.82 Å². The Morgan fingerprint density at radius 3 is 2.87 bits per heavy atom. The normalized spacial score (nSPS) is 20.6. The van der Waals surface area contributed by atoms with E-state index in [1.807, 2.05) is 18.2 Å². The number of thioether (sulfide) groups is 1. The van der Waals surface area contributed by atoms with Gasteiger partial charge in [0, 0.05) is 29.2 Å². The molecular formula is C18H24N4S. The van der Waals surface area contributed by atoms with Gasteiger partial charge in [-0.1, -0.05) is 26.3 Å². The molecule has 1 N–H and O–H groups in total. The highest BCUT2D eigenvalue weighted by Gasteiger charge is 2.27. The van der Waals surface area contributed by atoms with Crippen molar-refractivity contribution in [1.29, 1.82) is 0 Å². The third-order valence-electron chi connectivity index (χ3n) is 4.20. The fraction of sp³-hybridized carbons (Fsp3) is 0.500. The molecule has 122 valence electrons. The molecule has 4 nitrogen and oxygen atoms in total.